The van der Waals surface area contributed by atoms with Crippen LogP contribution in [0.15, 0.2) is 94.5 Å². The molecule has 0 N–H and O–H groups in total. The van der Waals surface area contributed by atoms with Crippen LogP contribution in [0.25, 0.3) is 0 Å². The second kappa shape index (κ2) is 7.75. The highest BCUT2D eigenvalue weighted by molar-refractivity contribution is 9.10. The normalized spacial score (nSPS) is 10.8. The van der Waals surface area contributed by atoms with Gasteiger partial charge in [0.25, 0.3) is 0 Å². The molecule has 0 radical (unpaired) electrons. The molecule has 114 valence electrons. The fraction of sp³-hybridized carbons (Fsp3) is 0.0500. The Morgan fingerprint density at radius 3 is 2.09 bits per heavy atom. The average molecular weight is 365 g/mol. The summed E-state index contributed by atoms with van der Waals surface area (Å²) in [6, 6.07) is 28.6. The van der Waals surface area contributed by atoms with Gasteiger partial charge in [-0.25, -0.2) is 0 Å². The van der Waals surface area contributed by atoms with Gasteiger partial charge in [0, 0.05) is 10.0 Å². The van der Waals surface area contributed by atoms with Crippen molar-refractivity contribution in [2.45, 2.75) is 6.54 Å². The van der Waals surface area contributed by atoms with Crippen LogP contribution in [0.2, 0.25) is 0 Å². The molecule has 0 bridgehead atoms. The van der Waals surface area contributed by atoms with Crippen molar-refractivity contribution in [1.82, 2.24) is 0 Å². The summed E-state index contributed by atoms with van der Waals surface area (Å²) in [5, 5.41) is 6.71. The Morgan fingerprint density at radius 2 is 1.39 bits per heavy atom. The van der Waals surface area contributed by atoms with E-state index in [0.29, 0.717) is 0 Å². The van der Waals surface area contributed by atoms with Crippen LogP contribution < -0.4 is 5.01 Å². The zero-order valence-electron chi connectivity index (χ0n) is 12.6. The summed E-state index contributed by atoms with van der Waals surface area (Å²) >= 11 is 3.56. The van der Waals surface area contributed by atoms with E-state index < -0.39 is 0 Å². The Hall–Kier alpha value is -2.39. The molecule has 0 fully saturated rings. The molecule has 0 saturated carbocycles. The highest BCUT2D eigenvalue weighted by Gasteiger charge is 2.05. The average Bonchev–Trinajstić information content (AvgIpc) is 2.61. The van der Waals surface area contributed by atoms with Crippen LogP contribution in [0.3, 0.4) is 0 Å². The number of nitrogens with zero attached hydrogens (tertiary/aromatic N) is 2. The third-order valence-corrected chi connectivity index (χ3v) is 4.19. The van der Waals surface area contributed by atoms with Gasteiger partial charge in [-0.15, -0.1) is 0 Å². The fourth-order valence-electron chi connectivity index (χ4n) is 2.27. The van der Waals surface area contributed by atoms with Crippen molar-refractivity contribution in [3.8, 4) is 0 Å². The molecular formula is C20H17BrN2. The highest BCUT2D eigenvalue weighted by Crippen LogP contribution is 2.18. The predicted molar refractivity (Wildman–Crippen MR) is 101 cm³/mol. The van der Waals surface area contributed by atoms with Gasteiger partial charge in [-0.05, 0) is 23.8 Å². The van der Waals surface area contributed by atoms with E-state index in [1.165, 1.54) is 5.56 Å². The van der Waals surface area contributed by atoms with Gasteiger partial charge in [0.15, 0.2) is 0 Å². The number of anilines is 1. The summed E-state index contributed by atoms with van der Waals surface area (Å²) in [4.78, 5) is 0. The molecule has 3 aromatic rings. The largest absolute Gasteiger partial charge is 0.261 e. The maximum Gasteiger partial charge on any atom is 0.0666 e. The molecule has 0 spiro atoms. The first-order valence-corrected chi connectivity index (χ1v) is 8.27. The summed E-state index contributed by atoms with van der Waals surface area (Å²) in [6.07, 6.45) is 1.89. The molecule has 0 aliphatic heterocycles. The minimum atomic E-state index is 0.728. The number of hydrogen-bond donors (Lipinski definition) is 0. The molecule has 0 atom stereocenters. The minimum absolute atomic E-state index is 0.728. The Bertz CT molecular complexity index is 770. The lowest BCUT2D eigenvalue weighted by Gasteiger charge is -2.19. The van der Waals surface area contributed by atoms with Crippen molar-refractivity contribution in [2.75, 3.05) is 5.01 Å². The first kappa shape index (κ1) is 15.5. The Morgan fingerprint density at radius 1 is 0.783 bits per heavy atom. The van der Waals surface area contributed by atoms with E-state index in [1.807, 2.05) is 59.8 Å². The molecule has 2 nitrogen and oxygen atoms in total. The van der Waals surface area contributed by atoms with E-state index in [1.54, 1.807) is 0 Å². The molecule has 0 unspecified atom stereocenters. The first-order valence-electron chi connectivity index (χ1n) is 7.48. The third kappa shape index (κ3) is 4.30. The minimum Gasteiger partial charge on any atom is -0.261 e. The van der Waals surface area contributed by atoms with E-state index in [0.717, 1.165) is 22.3 Å². The fourth-order valence-corrected chi connectivity index (χ4v) is 2.65. The number of hydrogen-bond acceptors (Lipinski definition) is 2. The van der Waals surface area contributed by atoms with Crippen molar-refractivity contribution in [3.05, 3.63) is 101 Å². The van der Waals surface area contributed by atoms with Gasteiger partial charge in [-0.1, -0.05) is 82.7 Å². The lowest BCUT2D eigenvalue weighted by atomic mass is 10.2. The molecule has 3 aromatic carbocycles. The number of rotatable bonds is 5. The van der Waals surface area contributed by atoms with Gasteiger partial charge in [-0.2, -0.15) is 5.10 Å². The molecule has 0 saturated heterocycles. The zero-order chi connectivity index (χ0) is 15.9. The first-order chi connectivity index (χ1) is 11.3. The van der Waals surface area contributed by atoms with Crippen molar-refractivity contribution in [1.29, 1.82) is 0 Å². The SMILES string of the molecule is Brc1ccccc1C=NN(Cc1ccccc1)c1ccccc1. The smallest absolute Gasteiger partial charge is 0.0666 e. The van der Waals surface area contributed by atoms with E-state index in [2.05, 4.69) is 52.3 Å². The second-order valence-electron chi connectivity index (χ2n) is 5.14. The molecule has 3 heteroatoms. The molecule has 0 heterocycles. The van der Waals surface area contributed by atoms with Gasteiger partial charge in [-0.3, -0.25) is 5.01 Å². The third-order valence-electron chi connectivity index (χ3n) is 3.47. The number of halogens is 1. The maximum atomic E-state index is 4.70. The number of para-hydroxylation sites is 1. The molecular weight excluding hydrogens is 348 g/mol. The van der Waals surface area contributed by atoms with Crippen molar-refractivity contribution < 1.29 is 0 Å². The van der Waals surface area contributed by atoms with Gasteiger partial charge >= 0.3 is 0 Å². The number of benzene rings is 3. The van der Waals surface area contributed by atoms with Crippen molar-refractivity contribution in [2.24, 2.45) is 5.10 Å². The maximum absolute atomic E-state index is 4.70. The summed E-state index contributed by atoms with van der Waals surface area (Å²) in [5.41, 5.74) is 3.35. The summed E-state index contributed by atoms with van der Waals surface area (Å²) in [7, 11) is 0. The Balaban J connectivity index is 1.88. The van der Waals surface area contributed by atoms with Crippen LogP contribution in [0.5, 0.6) is 0 Å². The molecule has 0 amide bonds. The second-order valence-corrected chi connectivity index (χ2v) is 6.00. The van der Waals surface area contributed by atoms with E-state index in [9.17, 15) is 0 Å². The lowest BCUT2D eigenvalue weighted by molar-refractivity contribution is 0.858. The van der Waals surface area contributed by atoms with Gasteiger partial charge in [0.2, 0.25) is 0 Å². The quantitative estimate of drug-likeness (QED) is 0.431. The predicted octanol–water partition coefficient (Wildman–Crippen LogP) is 5.49. The van der Waals surface area contributed by atoms with E-state index >= 15 is 0 Å². The summed E-state index contributed by atoms with van der Waals surface area (Å²) in [6.45, 7) is 0.728. The zero-order valence-corrected chi connectivity index (χ0v) is 14.2. The van der Waals surface area contributed by atoms with Gasteiger partial charge in [0.05, 0.1) is 18.4 Å². The molecule has 0 aromatic heterocycles. The van der Waals surface area contributed by atoms with Crippen molar-refractivity contribution >= 4 is 27.8 Å². The van der Waals surface area contributed by atoms with E-state index in [4.69, 9.17) is 5.10 Å². The molecule has 0 aliphatic carbocycles. The van der Waals surface area contributed by atoms with Crippen LogP contribution in [0.1, 0.15) is 11.1 Å². The molecule has 23 heavy (non-hydrogen) atoms. The summed E-state index contributed by atoms with van der Waals surface area (Å²) < 4.78 is 1.04. The monoisotopic (exact) mass is 364 g/mol. The van der Waals surface area contributed by atoms with Crippen LogP contribution >= 0.6 is 15.9 Å². The number of hydrazone groups is 1. The van der Waals surface area contributed by atoms with E-state index in [-0.39, 0.29) is 0 Å². The molecule has 0 aliphatic rings. The van der Waals surface area contributed by atoms with Crippen molar-refractivity contribution in [3.63, 3.8) is 0 Å². The Labute approximate surface area is 145 Å². The van der Waals surface area contributed by atoms with Gasteiger partial charge < -0.3 is 0 Å². The van der Waals surface area contributed by atoms with Crippen LogP contribution in [-0.4, -0.2) is 6.21 Å². The topological polar surface area (TPSA) is 15.6 Å². The van der Waals surface area contributed by atoms with Crippen LogP contribution in [-0.2, 0) is 6.54 Å². The Kier molecular flexibility index (Phi) is 5.22. The summed E-state index contributed by atoms with van der Waals surface area (Å²) in [5.74, 6) is 0. The van der Waals surface area contributed by atoms with Gasteiger partial charge in [0.1, 0.15) is 0 Å². The van der Waals surface area contributed by atoms with Crippen LogP contribution in [0, 0.1) is 0 Å². The lowest BCUT2D eigenvalue weighted by Crippen LogP contribution is -2.16. The van der Waals surface area contributed by atoms with Crippen LogP contribution in [0.4, 0.5) is 5.69 Å². The standard InChI is InChI=1S/C20H17BrN2/c21-20-14-8-7-11-18(20)15-22-23(19-12-5-2-6-13-19)16-17-9-3-1-4-10-17/h1-15H,16H2. The molecule has 3 rings (SSSR count). The highest BCUT2D eigenvalue weighted by atomic mass is 79.9.